The third-order valence-corrected chi connectivity index (χ3v) is 2.58. The Labute approximate surface area is 85.6 Å². The number of anilines is 2. The van der Waals surface area contributed by atoms with Gasteiger partial charge in [0.15, 0.2) is 5.13 Å². The van der Waals surface area contributed by atoms with Gasteiger partial charge in [0.1, 0.15) is 5.82 Å². The summed E-state index contributed by atoms with van der Waals surface area (Å²) in [5.74, 6) is 0.905. The van der Waals surface area contributed by atoms with E-state index in [0.29, 0.717) is 6.54 Å². The Morgan fingerprint density at radius 1 is 1.64 bits per heavy atom. The molecular formula is C8H11N5S. The van der Waals surface area contributed by atoms with E-state index >= 15 is 0 Å². The maximum absolute atomic E-state index is 5.58. The second-order valence-electron chi connectivity index (χ2n) is 2.81. The number of nitrogens with zero attached hydrogens (tertiary/aromatic N) is 3. The van der Waals surface area contributed by atoms with Gasteiger partial charge in [-0.05, 0) is 0 Å². The van der Waals surface area contributed by atoms with E-state index in [9.17, 15) is 0 Å². The minimum Gasteiger partial charge on any atom is -0.326 e. The molecule has 5 nitrogen and oxygen atoms in total. The zero-order valence-electron chi connectivity index (χ0n) is 7.77. The summed E-state index contributed by atoms with van der Waals surface area (Å²) in [5.41, 5.74) is 6.57. The van der Waals surface area contributed by atoms with Gasteiger partial charge in [-0.1, -0.05) is 0 Å². The van der Waals surface area contributed by atoms with Gasteiger partial charge < -0.3 is 11.1 Å². The van der Waals surface area contributed by atoms with Crippen LogP contribution < -0.4 is 11.1 Å². The molecule has 0 atom stereocenters. The molecule has 0 amide bonds. The van der Waals surface area contributed by atoms with Crippen LogP contribution in [0.3, 0.4) is 0 Å². The Hall–Kier alpha value is -1.40. The second kappa shape index (κ2) is 3.77. The van der Waals surface area contributed by atoms with Gasteiger partial charge in [0, 0.05) is 30.7 Å². The van der Waals surface area contributed by atoms with Crippen molar-refractivity contribution in [2.75, 3.05) is 5.32 Å². The molecule has 0 radical (unpaired) electrons. The first kappa shape index (κ1) is 9.17. The van der Waals surface area contributed by atoms with Crippen molar-refractivity contribution in [1.82, 2.24) is 14.8 Å². The lowest BCUT2D eigenvalue weighted by Gasteiger charge is -2.04. The molecule has 0 aliphatic carbocycles. The number of nitrogens with two attached hydrogens (primary N) is 1. The summed E-state index contributed by atoms with van der Waals surface area (Å²) >= 11 is 1.54. The maximum Gasteiger partial charge on any atom is 0.188 e. The molecule has 0 saturated heterocycles. The average Bonchev–Trinajstić information content (AvgIpc) is 2.79. The van der Waals surface area contributed by atoms with E-state index in [0.717, 1.165) is 16.5 Å². The summed E-state index contributed by atoms with van der Waals surface area (Å²) in [5, 5.41) is 10.1. The quantitative estimate of drug-likeness (QED) is 0.793. The zero-order valence-corrected chi connectivity index (χ0v) is 8.58. The molecule has 0 aromatic carbocycles. The van der Waals surface area contributed by atoms with Crippen LogP contribution in [0.15, 0.2) is 17.8 Å². The molecular weight excluding hydrogens is 198 g/mol. The second-order valence-corrected chi connectivity index (χ2v) is 3.70. The first-order valence-corrected chi connectivity index (χ1v) is 5.06. The van der Waals surface area contributed by atoms with E-state index in [1.165, 1.54) is 0 Å². The number of hydrogen-bond acceptors (Lipinski definition) is 5. The van der Waals surface area contributed by atoms with Crippen LogP contribution >= 0.6 is 11.3 Å². The van der Waals surface area contributed by atoms with E-state index in [-0.39, 0.29) is 0 Å². The smallest absolute Gasteiger partial charge is 0.188 e. The van der Waals surface area contributed by atoms with Crippen molar-refractivity contribution in [3.8, 4) is 0 Å². The van der Waals surface area contributed by atoms with Crippen LogP contribution in [0.25, 0.3) is 0 Å². The van der Waals surface area contributed by atoms with Crippen molar-refractivity contribution in [2.24, 2.45) is 12.8 Å². The molecule has 74 valence electrons. The Balaban J connectivity index is 2.27. The van der Waals surface area contributed by atoms with Crippen molar-refractivity contribution >= 4 is 22.3 Å². The third-order valence-electron chi connectivity index (χ3n) is 1.89. The lowest BCUT2D eigenvalue weighted by atomic mass is 10.3. The number of hydrogen-bond donors (Lipinski definition) is 2. The Morgan fingerprint density at radius 3 is 3.14 bits per heavy atom. The van der Waals surface area contributed by atoms with Gasteiger partial charge in [-0.25, -0.2) is 4.98 Å². The van der Waals surface area contributed by atoms with Crippen LogP contribution in [0.2, 0.25) is 0 Å². The van der Waals surface area contributed by atoms with E-state index in [1.54, 1.807) is 28.4 Å². The number of rotatable bonds is 3. The highest BCUT2D eigenvalue weighted by atomic mass is 32.1. The van der Waals surface area contributed by atoms with Gasteiger partial charge in [0.05, 0.1) is 6.20 Å². The topological polar surface area (TPSA) is 68.8 Å². The highest BCUT2D eigenvalue weighted by molar-refractivity contribution is 7.13. The van der Waals surface area contributed by atoms with E-state index in [2.05, 4.69) is 15.4 Å². The summed E-state index contributed by atoms with van der Waals surface area (Å²) in [7, 11) is 1.87. The molecule has 14 heavy (non-hydrogen) atoms. The van der Waals surface area contributed by atoms with Crippen molar-refractivity contribution in [3.63, 3.8) is 0 Å². The summed E-state index contributed by atoms with van der Waals surface area (Å²) in [6, 6.07) is 0. The zero-order chi connectivity index (χ0) is 9.97. The summed E-state index contributed by atoms with van der Waals surface area (Å²) < 4.78 is 1.75. The van der Waals surface area contributed by atoms with Gasteiger partial charge >= 0.3 is 0 Å². The van der Waals surface area contributed by atoms with Gasteiger partial charge in [-0.15, -0.1) is 11.3 Å². The van der Waals surface area contributed by atoms with Crippen LogP contribution in [-0.4, -0.2) is 14.8 Å². The number of aromatic nitrogens is 3. The fraction of sp³-hybridized carbons (Fsp3) is 0.250. The predicted molar refractivity (Wildman–Crippen MR) is 56.5 cm³/mol. The number of nitrogens with one attached hydrogen (secondary N) is 1. The lowest BCUT2D eigenvalue weighted by Crippen LogP contribution is -2.03. The highest BCUT2D eigenvalue weighted by Gasteiger charge is 2.07. The van der Waals surface area contributed by atoms with Crippen molar-refractivity contribution in [2.45, 2.75) is 6.54 Å². The number of aryl methyl sites for hydroxylation is 1. The minimum atomic E-state index is 0.474. The molecule has 0 unspecified atom stereocenters. The summed E-state index contributed by atoms with van der Waals surface area (Å²) in [6.07, 6.45) is 3.52. The SMILES string of the molecule is Cn1ncc(CN)c1Nc1nccs1. The van der Waals surface area contributed by atoms with Crippen LogP contribution in [0, 0.1) is 0 Å². The van der Waals surface area contributed by atoms with Crippen LogP contribution in [0.5, 0.6) is 0 Å². The van der Waals surface area contributed by atoms with Crippen molar-refractivity contribution < 1.29 is 0 Å². The normalized spacial score (nSPS) is 10.4. The fourth-order valence-electron chi connectivity index (χ4n) is 1.18. The molecule has 0 spiro atoms. The van der Waals surface area contributed by atoms with E-state index in [1.807, 2.05) is 12.4 Å². The van der Waals surface area contributed by atoms with Crippen molar-refractivity contribution in [1.29, 1.82) is 0 Å². The average molecular weight is 209 g/mol. The van der Waals surface area contributed by atoms with Crippen LogP contribution in [0.1, 0.15) is 5.56 Å². The molecule has 3 N–H and O–H groups in total. The van der Waals surface area contributed by atoms with Gasteiger partial charge in [0.25, 0.3) is 0 Å². The molecule has 2 aromatic heterocycles. The molecule has 0 fully saturated rings. The molecule has 6 heteroatoms. The Bertz CT molecular complexity index is 405. The molecule has 2 rings (SSSR count). The molecule has 0 aliphatic heterocycles. The largest absolute Gasteiger partial charge is 0.326 e. The third kappa shape index (κ3) is 1.61. The van der Waals surface area contributed by atoms with Crippen molar-refractivity contribution in [3.05, 3.63) is 23.3 Å². The predicted octanol–water partition coefficient (Wildman–Crippen LogP) is 1.08. The van der Waals surface area contributed by atoms with E-state index < -0.39 is 0 Å². The molecule has 0 saturated carbocycles. The first-order chi connectivity index (χ1) is 6.81. The monoisotopic (exact) mass is 209 g/mol. The van der Waals surface area contributed by atoms with Crippen LogP contribution in [-0.2, 0) is 13.6 Å². The number of thiazole rings is 1. The molecule has 0 bridgehead atoms. The van der Waals surface area contributed by atoms with Gasteiger partial charge in [-0.3, -0.25) is 4.68 Å². The molecule has 0 aliphatic rings. The summed E-state index contributed by atoms with van der Waals surface area (Å²) in [4.78, 5) is 4.13. The maximum atomic E-state index is 5.58. The molecule has 2 aromatic rings. The summed E-state index contributed by atoms with van der Waals surface area (Å²) in [6.45, 7) is 0.474. The van der Waals surface area contributed by atoms with Gasteiger partial charge in [0.2, 0.25) is 0 Å². The minimum absolute atomic E-state index is 0.474. The first-order valence-electron chi connectivity index (χ1n) is 4.18. The Morgan fingerprint density at radius 2 is 2.50 bits per heavy atom. The van der Waals surface area contributed by atoms with Crippen LogP contribution in [0.4, 0.5) is 10.9 Å². The van der Waals surface area contributed by atoms with Gasteiger partial charge in [-0.2, -0.15) is 5.10 Å². The Kier molecular flexibility index (Phi) is 2.47. The highest BCUT2D eigenvalue weighted by Crippen LogP contribution is 2.20. The standard InChI is InChI=1S/C8H11N5S/c1-13-7(6(4-9)5-11-13)12-8-10-2-3-14-8/h2-3,5H,4,9H2,1H3,(H,10,12). The fourth-order valence-corrected chi connectivity index (χ4v) is 1.71. The molecule has 2 heterocycles. The lowest BCUT2D eigenvalue weighted by molar-refractivity contribution is 0.776. The van der Waals surface area contributed by atoms with E-state index in [4.69, 9.17) is 5.73 Å².